The topological polar surface area (TPSA) is 76.0 Å². The molecule has 21 heavy (non-hydrogen) atoms. The summed E-state index contributed by atoms with van der Waals surface area (Å²) in [7, 11) is 3.83. The van der Waals surface area contributed by atoms with Crippen LogP contribution in [0.4, 0.5) is 11.4 Å². The minimum atomic E-state index is -0.520. The van der Waals surface area contributed by atoms with Crippen LogP contribution in [0, 0.1) is 0 Å². The van der Waals surface area contributed by atoms with Gasteiger partial charge in [-0.1, -0.05) is 11.6 Å². The third-order valence-electron chi connectivity index (χ3n) is 3.12. The SMILES string of the molecule is CN(C)c1ccc(Cl)cc1NCc1ccc(O)c(O)c1O. The highest BCUT2D eigenvalue weighted by molar-refractivity contribution is 6.31. The molecule has 0 saturated heterocycles. The van der Waals surface area contributed by atoms with Gasteiger partial charge in [-0.3, -0.25) is 0 Å². The van der Waals surface area contributed by atoms with E-state index in [0.29, 0.717) is 10.6 Å². The Morgan fingerprint density at radius 1 is 1.05 bits per heavy atom. The van der Waals surface area contributed by atoms with E-state index in [1.165, 1.54) is 12.1 Å². The van der Waals surface area contributed by atoms with Gasteiger partial charge in [-0.25, -0.2) is 0 Å². The molecule has 4 N–H and O–H groups in total. The number of benzene rings is 2. The van der Waals surface area contributed by atoms with Gasteiger partial charge in [0.25, 0.3) is 0 Å². The van der Waals surface area contributed by atoms with Gasteiger partial charge >= 0.3 is 0 Å². The summed E-state index contributed by atoms with van der Waals surface area (Å²) in [6.07, 6.45) is 0. The Bertz CT molecular complexity index is 660. The molecule has 0 heterocycles. The maximum atomic E-state index is 9.80. The van der Waals surface area contributed by atoms with E-state index in [2.05, 4.69) is 5.32 Å². The van der Waals surface area contributed by atoms with E-state index in [4.69, 9.17) is 11.6 Å². The zero-order chi connectivity index (χ0) is 15.6. The number of nitrogens with zero attached hydrogens (tertiary/aromatic N) is 1. The van der Waals surface area contributed by atoms with Crippen molar-refractivity contribution < 1.29 is 15.3 Å². The molecule has 0 unspecified atom stereocenters. The second kappa shape index (κ2) is 6.01. The molecule has 0 fully saturated rings. The van der Waals surface area contributed by atoms with Gasteiger partial charge in [0.15, 0.2) is 11.5 Å². The summed E-state index contributed by atoms with van der Waals surface area (Å²) in [5.74, 6) is -1.21. The van der Waals surface area contributed by atoms with Crippen LogP contribution in [0.3, 0.4) is 0 Å². The summed E-state index contributed by atoms with van der Waals surface area (Å²) in [5, 5.41) is 32.4. The summed E-state index contributed by atoms with van der Waals surface area (Å²) in [6.45, 7) is 0.279. The second-order valence-corrected chi connectivity index (χ2v) is 5.29. The van der Waals surface area contributed by atoms with Gasteiger partial charge in [-0.2, -0.15) is 0 Å². The van der Waals surface area contributed by atoms with Gasteiger partial charge in [0, 0.05) is 31.2 Å². The number of nitrogens with one attached hydrogen (secondary N) is 1. The monoisotopic (exact) mass is 308 g/mol. The number of phenolic OH excluding ortho intramolecular Hbond substituents is 3. The van der Waals surface area contributed by atoms with Crippen molar-refractivity contribution in [3.8, 4) is 17.2 Å². The molecule has 2 aromatic rings. The highest BCUT2D eigenvalue weighted by atomic mass is 35.5. The molecule has 0 aliphatic rings. The molecule has 0 bridgehead atoms. The molecule has 0 spiro atoms. The van der Waals surface area contributed by atoms with E-state index in [0.717, 1.165) is 11.4 Å². The molecule has 6 heteroatoms. The molecule has 0 aromatic heterocycles. The van der Waals surface area contributed by atoms with Crippen LogP contribution in [0.2, 0.25) is 5.02 Å². The van der Waals surface area contributed by atoms with Crippen molar-refractivity contribution >= 4 is 23.0 Å². The molecule has 0 amide bonds. The second-order valence-electron chi connectivity index (χ2n) is 4.85. The fourth-order valence-electron chi connectivity index (χ4n) is 1.98. The third kappa shape index (κ3) is 3.25. The Kier molecular flexibility index (Phi) is 4.33. The first-order valence-corrected chi connectivity index (χ1v) is 6.71. The largest absolute Gasteiger partial charge is 0.504 e. The van der Waals surface area contributed by atoms with Gasteiger partial charge in [0.05, 0.1) is 11.4 Å². The minimum absolute atomic E-state index is 0.279. The highest BCUT2D eigenvalue weighted by Crippen LogP contribution is 2.37. The van der Waals surface area contributed by atoms with Crippen LogP contribution >= 0.6 is 11.6 Å². The Morgan fingerprint density at radius 2 is 1.76 bits per heavy atom. The Morgan fingerprint density at radius 3 is 2.43 bits per heavy atom. The Hall–Kier alpha value is -2.27. The first-order chi connectivity index (χ1) is 9.90. The normalized spacial score (nSPS) is 10.4. The molecule has 112 valence electrons. The van der Waals surface area contributed by atoms with Crippen molar-refractivity contribution in [1.82, 2.24) is 0 Å². The van der Waals surface area contributed by atoms with Crippen LogP contribution < -0.4 is 10.2 Å². The molecule has 0 radical (unpaired) electrons. The lowest BCUT2D eigenvalue weighted by Crippen LogP contribution is -2.12. The fourth-order valence-corrected chi connectivity index (χ4v) is 2.16. The third-order valence-corrected chi connectivity index (χ3v) is 3.36. The first kappa shape index (κ1) is 15.1. The molecule has 5 nitrogen and oxygen atoms in total. The average Bonchev–Trinajstić information content (AvgIpc) is 2.44. The smallest absolute Gasteiger partial charge is 0.200 e. The van der Waals surface area contributed by atoms with Crippen molar-refractivity contribution in [1.29, 1.82) is 0 Å². The number of rotatable bonds is 4. The molecule has 0 atom stereocenters. The van der Waals surface area contributed by atoms with E-state index in [9.17, 15) is 15.3 Å². The number of phenols is 3. The van der Waals surface area contributed by atoms with Crippen LogP contribution in [-0.4, -0.2) is 29.4 Å². The van der Waals surface area contributed by atoms with Crippen LogP contribution in [0.15, 0.2) is 30.3 Å². The molecule has 2 rings (SSSR count). The van der Waals surface area contributed by atoms with Crippen LogP contribution in [0.25, 0.3) is 0 Å². The standard InChI is InChI=1S/C15H17ClN2O3/c1-18(2)12-5-4-10(16)7-11(12)17-8-9-3-6-13(19)15(21)14(9)20/h3-7,17,19-21H,8H2,1-2H3. The zero-order valence-electron chi connectivity index (χ0n) is 11.8. The molecule has 0 saturated carbocycles. The highest BCUT2D eigenvalue weighted by Gasteiger charge is 2.12. The maximum Gasteiger partial charge on any atom is 0.200 e. The van der Waals surface area contributed by atoms with Gasteiger partial charge in [0.1, 0.15) is 0 Å². The lowest BCUT2D eigenvalue weighted by molar-refractivity contribution is 0.365. The molecule has 0 aliphatic heterocycles. The van der Waals surface area contributed by atoms with Crippen LogP contribution in [0.5, 0.6) is 17.2 Å². The van der Waals surface area contributed by atoms with E-state index in [1.54, 1.807) is 12.1 Å². The summed E-state index contributed by atoms with van der Waals surface area (Å²) >= 11 is 6.00. The van der Waals surface area contributed by atoms with E-state index in [-0.39, 0.29) is 18.0 Å². The average molecular weight is 309 g/mol. The van der Waals surface area contributed by atoms with Crippen molar-refractivity contribution in [2.45, 2.75) is 6.54 Å². The zero-order valence-corrected chi connectivity index (χ0v) is 12.5. The summed E-state index contributed by atoms with van der Waals surface area (Å²) in [6, 6.07) is 8.34. The van der Waals surface area contributed by atoms with E-state index >= 15 is 0 Å². The molecular formula is C15H17ClN2O3. The lowest BCUT2D eigenvalue weighted by atomic mass is 10.1. The number of hydrogen-bond acceptors (Lipinski definition) is 5. The fraction of sp³-hybridized carbons (Fsp3) is 0.200. The van der Waals surface area contributed by atoms with E-state index in [1.807, 2.05) is 25.1 Å². The van der Waals surface area contributed by atoms with Gasteiger partial charge < -0.3 is 25.5 Å². The van der Waals surface area contributed by atoms with E-state index < -0.39 is 5.75 Å². The van der Waals surface area contributed by atoms with Gasteiger partial charge in [-0.15, -0.1) is 0 Å². The number of anilines is 2. The van der Waals surface area contributed by atoms with Crippen molar-refractivity contribution in [3.63, 3.8) is 0 Å². The Balaban J connectivity index is 2.24. The molecular weight excluding hydrogens is 292 g/mol. The maximum absolute atomic E-state index is 9.80. The first-order valence-electron chi connectivity index (χ1n) is 6.33. The van der Waals surface area contributed by atoms with Crippen LogP contribution in [-0.2, 0) is 6.54 Å². The number of aromatic hydroxyl groups is 3. The van der Waals surface area contributed by atoms with Crippen LogP contribution in [0.1, 0.15) is 5.56 Å². The minimum Gasteiger partial charge on any atom is -0.504 e. The van der Waals surface area contributed by atoms with Crippen molar-refractivity contribution in [3.05, 3.63) is 40.9 Å². The van der Waals surface area contributed by atoms with Crippen molar-refractivity contribution in [2.24, 2.45) is 0 Å². The van der Waals surface area contributed by atoms with Gasteiger partial charge in [0.2, 0.25) is 5.75 Å². The summed E-state index contributed by atoms with van der Waals surface area (Å²) in [4.78, 5) is 1.94. The van der Waals surface area contributed by atoms with Gasteiger partial charge in [-0.05, 0) is 30.3 Å². The predicted octanol–water partition coefficient (Wildman–Crippen LogP) is 3.13. The lowest BCUT2D eigenvalue weighted by Gasteiger charge is -2.19. The quantitative estimate of drug-likeness (QED) is 0.653. The van der Waals surface area contributed by atoms with Crippen molar-refractivity contribution in [2.75, 3.05) is 24.3 Å². The number of halogens is 1. The molecule has 2 aromatic carbocycles. The Labute approximate surface area is 128 Å². The number of hydrogen-bond donors (Lipinski definition) is 4. The molecule has 0 aliphatic carbocycles. The predicted molar refractivity (Wildman–Crippen MR) is 84.5 cm³/mol. The summed E-state index contributed by atoms with van der Waals surface area (Å²) in [5.41, 5.74) is 2.22. The summed E-state index contributed by atoms with van der Waals surface area (Å²) < 4.78 is 0.